The molecule has 0 saturated carbocycles. The normalized spacial score (nSPS) is 16.6. The second-order valence-corrected chi connectivity index (χ2v) is 9.66. The molecule has 0 amide bonds. The van der Waals surface area contributed by atoms with E-state index in [9.17, 15) is 4.79 Å². The van der Waals surface area contributed by atoms with E-state index in [1.807, 2.05) is 24.3 Å². The van der Waals surface area contributed by atoms with Crippen LogP contribution in [0.3, 0.4) is 0 Å². The van der Waals surface area contributed by atoms with Crippen molar-refractivity contribution in [2.24, 2.45) is 0 Å². The van der Waals surface area contributed by atoms with Crippen LogP contribution in [-0.2, 0) is 17.8 Å². The van der Waals surface area contributed by atoms with Gasteiger partial charge < -0.3 is 9.72 Å². The predicted molar refractivity (Wildman–Crippen MR) is 123 cm³/mol. The van der Waals surface area contributed by atoms with Crippen molar-refractivity contribution in [3.63, 3.8) is 0 Å². The molecule has 30 heavy (non-hydrogen) atoms. The zero-order valence-electron chi connectivity index (χ0n) is 16.5. The molecule has 1 aliphatic rings. The second kappa shape index (κ2) is 8.81. The summed E-state index contributed by atoms with van der Waals surface area (Å²) < 4.78 is 5.86. The summed E-state index contributed by atoms with van der Waals surface area (Å²) >= 11 is 3.33. The zero-order chi connectivity index (χ0) is 20.3. The lowest BCUT2D eigenvalue weighted by Crippen LogP contribution is -2.32. The van der Waals surface area contributed by atoms with Crippen LogP contribution in [0.5, 0.6) is 0 Å². The maximum Gasteiger partial charge on any atom is 0.259 e. The first-order valence-electron chi connectivity index (χ1n) is 10.2. The van der Waals surface area contributed by atoms with Crippen molar-refractivity contribution in [1.29, 1.82) is 0 Å². The van der Waals surface area contributed by atoms with Crippen molar-refractivity contribution < 1.29 is 4.74 Å². The van der Waals surface area contributed by atoms with Gasteiger partial charge in [0.25, 0.3) is 5.56 Å². The molecule has 5 nitrogen and oxygen atoms in total. The topological polar surface area (TPSA) is 58.2 Å². The zero-order valence-corrected chi connectivity index (χ0v) is 18.2. The molecule has 1 saturated heterocycles. The lowest BCUT2D eigenvalue weighted by molar-refractivity contribution is 0.0674. The minimum Gasteiger partial charge on any atom is -0.377 e. The molecule has 3 aromatic heterocycles. The Morgan fingerprint density at radius 1 is 1.17 bits per heavy atom. The van der Waals surface area contributed by atoms with Gasteiger partial charge in [0.2, 0.25) is 0 Å². The predicted octanol–water partition coefficient (Wildman–Crippen LogP) is 4.89. The molecule has 1 unspecified atom stereocenters. The van der Waals surface area contributed by atoms with E-state index in [4.69, 9.17) is 9.72 Å². The summed E-state index contributed by atoms with van der Waals surface area (Å²) in [7, 11) is 0. The molecule has 1 aromatic carbocycles. The summed E-state index contributed by atoms with van der Waals surface area (Å²) in [5, 5.41) is 2.76. The first-order chi connectivity index (χ1) is 14.7. The number of hydrogen-bond acceptors (Lipinski definition) is 6. The molecule has 1 fully saturated rings. The van der Waals surface area contributed by atoms with Gasteiger partial charge in [-0.1, -0.05) is 36.4 Å². The van der Waals surface area contributed by atoms with Crippen LogP contribution in [0.15, 0.2) is 58.7 Å². The summed E-state index contributed by atoms with van der Waals surface area (Å²) in [6.45, 7) is 3.12. The number of thiophene rings is 2. The monoisotopic (exact) mass is 437 g/mol. The van der Waals surface area contributed by atoms with Gasteiger partial charge >= 0.3 is 0 Å². The Hall–Kier alpha value is -2.32. The summed E-state index contributed by atoms with van der Waals surface area (Å²) in [4.78, 5) is 26.1. The quantitative estimate of drug-likeness (QED) is 0.447. The van der Waals surface area contributed by atoms with Crippen LogP contribution < -0.4 is 5.56 Å². The van der Waals surface area contributed by atoms with E-state index in [1.54, 1.807) is 22.7 Å². The molecule has 0 aliphatic carbocycles. The maximum atomic E-state index is 12.8. The lowest BCUT2D eigenvalue weighted by Gasteiger charge is -2.24. The molecule has 0 bridgehead atoms. The van der Waals surface area contributed by atoms with Crippen LogP contribution >= 0.6 is 22.7 Å². The number of hydrogen-bond donors (Lipinski definition) is 1. The Bertz CT molecular complexity index is 1160. The third-order valence-corrected chi connectivity index (χ3v) is 7.27. The minimum atomic E-state index is -0.0679. The van der Waals surface area contributed by atoms with Gasteiger partial charge in [0.15, 0.2) is 0 Å². The molecule has 1 atom stereocenters. The number of aromatic amines is 1. The third-order valence-electron chi connectivity index (χ3n) is 5.33. The van der Waals surface area contributed by atoms with Crippen molar-refractivity contribution in [3.05, 3.63) is 75.0 Å². The van der Waals surface area contributed by atoms with Crippen molar-refractivity contribution >= 4 is 32.9 Å². The number of benzene rings is 1. The van der Waals surface area contributed by atoms with Gasteiger partial charge in [-0.3, -0.25) is 9.69 Å². The highest BCUT2D eigenvalue weighted by Crippen LogP contribution is 2.30. The van der Waals surface area contributed by atoms with E-state index in [0.29, 0.717) is 17.8 Å². The minimum absolute atomic E-state index is 0.0679. The molecular weight excluding hydrogens is 414 g/mol. The highest BCUT2D eigenvalue weighted by Gasteiger charge is 2.21. The Labute approximate surface area is 183 Å². The Morgan fingerprint density at radius 2 is 2.07 bits per heavy atom. The van der Waals surface area contributed by atoms with E-state index >= 15 is 0 Å². The van der Waals surface area contributed by atoms with Gasteiger partial charge in [0.1, 0.15) is 10.7 Å². The smallest absolute Gasteiger partial charge is 0.259 e. The fourth-order valence-electron chi connectivity index (χ4n) is 3.89. The Balaban J connectivity index is 1.42. The third kappa shape index (κ3) is 4.39. The van der Waals surface area contributed by atoms with Crippen molar-refractivity contribution in [3.8, 4) is 10.4 Å². The van der Waals surface area contributed by atoms with E-state index in [1.165, 1.54) is 4.88 Å². The molecule has 1 N–H and O–H groups in total. The van der Waals surface area contributed by atoms with E-state index in [0.717, 1.165) is 47.8 Å². The summed E-state index contributed by atoms with van der Waals surface area (Å²) in [6.07, 6.45) is 2.47. The number of ether oxygens (including phenoxy) is 1. The highest BCUT2D eigenvalue weighted by molar-refractivity contribution is 7.21. The van der Waals surface area contributed by atoms with Gasteiger partial charge in [-0.2, -0.15) is 0 Å². The lowest BCUT2D eigenvalue weighted by atomic mass is 10.2. The standard InChI is InChI=1S/C23H23N3O2S2/c27-22-19-12-20(16-6-2-1-3-7-16)30-23(19)25-21(24-22)15-26(13-17-8-4-10-28-17)14-18-9-5-11-29-18/h1-3,5-7,9,11-12,17H,4,8,10,13-15H2,(H,24,25,27). The van der Waals surface area contributed by atoms with Gasteiger partial charge in [0, 0.05) is 29.5 Å². The van der Waals surface area contributed by atoms with Crippen molar-refractivity contribution in [1.82, 2.24) is 14.9 Å². The molecule has 4 heterocycles. The SMILES string of the molecule is O=c1[nH]c(CN(Cc2cccs2)CC2CCCO2)nc2sc(-c3ccccc3)cc12. The fourth-order valence-corrected chi connectivity index (χ4v) is 5.69. The van der Waals surface area contributed by atoms with Gasteiger partial charge in [0.05, 0.1) is 18.0 Å². The van der Waals surface area contributed by atoms with Gasteiger partial charge in [-0.15, -0.1) is 22.7 Å². The highest BCUT2D eigenvalue weighted by atomic mass is 32.1. The molecule has 0 spiro atoms. The molecular formula is C23H23N3O2S2. The van der Waals surface area contributed by atoms with Crippen LogP contribution in [-0.4, -0.2) is 34.1 Å². The molecule has 7 heteroatoms. The van der Waals surface area contributed by atoms with E-state index < -0.39 is 0 Å². The molecule has 154 valence electrons. The van der Waals surface area contributed by atoms with Crippen LogP contribution in [0.1, 0.15) is 23.5 Å². The van der Waals surface area contributed by atoms with Crippen LogP contribution in [0, 0.1) is 0 Å². The summed E-state index contributed by atoms with van der Waals surface area (Å²) in [6, 6.07) is 16.3. The summed E-state index contributed by atoms with van der Waals surface area (Å²) in [5.74, 6) is 0.712. The van der Waals surface area contributed by atoms with E-state index in [-0.39, 0.29) is 11.7 Å². The van der Waals surface area contributed by atoms with Crippen LogP contribution in [0.25, 0.3) is 20.7 Å². The van der Waals surface area contributed by atoms with Crippen molar-refractivity contribution in [2.45, 2.75) is 32.0 Å². The van der Waals surface area contributed by atoms with Crippen molar-refractivity contribution in [2.75, 3.05) is 13.2 Å². The average Bonchev–Trinajstić information content (AvgIpc) is 3.50. The fraction of sp³-hybridized carbons (Fsp3) is 0.304. The first-order valence-corrected chi connectivity index (χ1v) is 11.9. The maximum absolute atomic E-state index is 12.8. The van der Waals surface area contributed by atoms with E-state index in [2.05, 4.69) is 39.5 Å². The largest absolute Gasteiger partial charge is 0.377 e. The Kier molecular flexibility index (Phi) is 5.77. The molecule has 4 aromatic rings. The number of H-pyrrole nitrogens is 1. The number of nitrogens with zero attached hydrogens (tertiary/aromatic N) is 2. The molecule has 1 aliphatic heterocycles. The Morgan fingerprint density at radius 3 is 2.83 bits per heavy atom. The molecule has 5 rings (SSSR count). The summed E-state index contributed by atoms with van der Waals surface area (Å²) in [5.41, 5.74) is 1.04. The first kappa shape index (κ1) is 19.6. The number of rotatable bonds is 7. The molecule has 0 radical (unpaired) electrons. The number of aromatic nitrogens is 2. The number of nitrogens with one attached hydrogen (secondary N) is 1. The second-order valence-electron chi connectivity index (χ2n) is 7.59. The number of fused-ring (bicyclic) bond motifs is 1. The average molecular weight is 438 g/mol. The van der Waals surface area contributed by atoms with Gasteiger partial charge in [-0.05, 0) is 35.9 Å². The van der Waals surface area contributed by atoms with Crippen LogP contribution in [0.2, 0.25) is 0 Å². The van der Waals surface area contributed by atoms with Gasteiger partial charge in [-0.25, -0.2) is 4.98 Å². The van der Waals surface area contributed by atoms with Crippen LogP contribution in [0.4, 0.5) is 0 Å².